The molecule has 5 rings (SSSR count). The predicted molar refractivity (Wildman–Crippen MR) is 144 cm³/mol. The molecule has 194 valence electrons. The van der Waals surface area contributed by atoms with Gasteiger partial charge in [-0.1, -0.05) is 48.0 Å². The number of oxazole rings is 1. The summed E-state index contributed by atoms with van der Waals surface area (Å²) < 4.78 is 16.2. The van der Waals surface area contributed by atoms with E-state index >= 15 is 0 Å². The van der Waals surface area contributed by atoms with E-state index in [0.717, 1.165) is 11.1 Å². The topological polar surface area (TPSA) is 132 Å². The van der Waals surface area contributed by atoms with E-state index in [1.54, 1.807) is 48.5 Å². The number of aryl methyl sites for hydroxylation is 1. The average Bonchev–Trinajstić information content (AvgIpc) is 3.39. The highest BCUT2D eigenvalue weighted by atomic mass is 16.5. The lowest BCUT2D eigenvalue weighted by molar-refractivity contribution is -0.139. The number of benzene rings is 3. The van der Waals surface area contributed by atoms with Gasteiger partial charge in [0.25, 0.3) is 0 Å². The van der Waals surface area contributed by atoms with Crippen LogP contribution in [0.25, 0.3) is 22.6 Å². The van der Waals surface area contributed by atoms with Gasteiger partial charge < -0.3 is 19.6 Å². The molecule has 1 aliphatic heterocycles. The first-order valence-corrected chi connectivity index (χ1v) is 12.0. The zero-order valence-electron chi connectivity index (χ0n) is 21.5. The molecule has 1 unspecified atom stereocenters. The molecule has 0 saturated heterocycles. The smallest absolute Gasteiger partial charge is 0.355 e. The lowest BCUT2D eigenvalue weighted by Crippen LogP contribution is -2.40. The molecule has 0 aliphatic carbocycles. The second-order valence-corrected chi connectivity index (χ2v) is 8.88. The number of hydrogen-bond acceptors (Lipinski definition) is 9. The fourth-order valence-corrected chi connectivity index (χ4v) is 4.74. The van der Waals surface area contributed by atoms with Gasteiger partial charge in [0.05, 0.1) is 43.0 Å². The summed E-state index contributed by atoms with van der Waals surface area (Å²) in [6.45, 7) is 1.98. The summed E-state index contributed by atoms with van der Waals surface area (Å²) in [6.07, 6.45) is 0. The van der Waals surface area contributed by atoms with Crippen molar-refractivity contribution in [3.8, 4) is 17.5 Å². The quantitative estimate of drug-likeness (QED) is 0.372. The summed E-state index contributed by atoms with van der Waals surface area (Å²) in [5, 5.41) is 10.2. The van der Waals surface area contributed by atoms with Crippen LogP contribution >= 0.6 is 0 Å². The number of aromatic nitrogens is 1. The summed E-state index contributed by atoms with van der Waals surface area (Å²) >= 11 is 0. The van der Waals surface area contributed by atoms with Crippen LogP contribution in [0.2, 0.25) is 0 Å². The summed E-state index contributed by atoms with van der Waals surface area (Å²) in [4.78, 5) is 32.4. The Labute approximate surface area is 224 Å². The van der Waals surface area contributed by atoms with Crippen molar-refractivity contribution in [1.29, 1.82) is 5.26 Å². The zero-order chi connectivity index (χ0) is 27.7. The second-order valence-electron chi connectivity index (χ2n) is 8.88. The van der Waals surface area contributed by atoms with Gasteiger partial charge in [0.2, 0.25) is 5.89 Å². The molecule has 0 bridgehead atoms. The number of fused-ring (bicyclic) bond motifs is 1. The third-order valence-electron chi connectivity index (χ3n) is 6.51. The Balaban J connectivity index is 1.74. The maximum atomic E-state index is 13.3. The highest BCUT2D eigenvalue weighted by molar-refractivity contribution is 6.06. The number of nitrogens with zero attached hydrogens (tertiary/aromatic N) is 3. The molecule has 0 amide bonds. The Morgan fingerprint density at radius 2 is 1.74 bits per heavy atom. The Bertz CT molecular complexity index is 1710. The molecule has 9 heteroatoms. The first kappa shape index (κ1) is 25.3. The van der Waals surface area contributed by atoms with Gasteiger partial charge in [0.1, 0.15) is 17.0 Å². The average molecular weight is 521 g/mol. The Hall–Kier alpha value is -5.36. The van der Waals surface area contributed by atoms with E-state index in [-0.39, 0.29) is 22.7 Å². The number of ether oxygens (including phenoxy) is 2. The third kappa shape index (κ3) is 4.38. The summed E-state index contributed by atoms with van der Waals surface area (Å²) in [7, 11) is 2.41. The minimum Gasteiger partial charge on any atom is -0.466 e. The number of carbonyl (C=O) groups is 2. The normalized spacial score (nSPS) is 15.3. The predicted octanol–water partition coefficient (Wildman–Crippen LogP) is 4.70. The maximum absolute atomic E-state index is 13.3. The van der Waals surface area contributed by atoms with E-state index in [2.05, 4.69) is 11.1 Å². The lowest BCUT2D eigenvalue weighted by atomic mass is 9.81. The lowest BCUT2D eigenvalue weighted by Gasteiger charge is -2.35. The van der Waals surface area contributed by atoms with Gasteiger partial charge in [-0.25, -0.2) is 14.6 Å². The number of nitrogens with two attached hydrogens (primary N) is 1. The molecule has 2 N–H and O–H groups in total. The van der Waals surface area contributed by atoms with E-state index in [1.807, 2.05) is 31.2 Å². The van der Waals surface area contributed by atoms with E-state index in [0.29, 0.717) is 28.2 Å². The number of allylic oxidation sites excluding steroid dienone is 1. The fourth-order valence-electron chi connectivity index (χ4n) is 4.74. The minimum absolute atomic E-state index is 0.0304. The van der Waals surface area contributed by atoms with E-state index in [1.165, 1.54) is 19.1 Å². The number of carbonyl (C=O) groups excluding carboxylic acids is 2. The van der Waals surface area contributed by atoms with Crippen LogP contribution in [0, 0.1) is 18.3 Å². The summed E-state index contributed by atoms with van der Waals surface area (Å²) in [5.41, 5.74) is 10.3. The van der Waals surface area contributed by atoms with Gasteiger partial charge in [-0.15, -0.1) is 0 Å². The van der Waals surface area contributed by atoms with Crippen LogP contribution < -0.4 is 10.6 Å². The second kappa shape index (κ2) is 10.2. The molecule has 39 heavy (non-hydrogen) atoms. The molecule has 3 aromatic carbocycles. The monoisotopic (exact) mass is 520 g/mol. The molecule has 0 spiro atoms. The van der Waals surface area contributed by atoms with Crippen molar-refractivity contribution in [3.05, 3.63) is 107 Å². The van der Waals surface area contributed by atoms with Crippen LogP contribution in [-0.4, -0.2) is 31.1 Å². The number of esters is 2. The van der Waals surface area contributed by atoms with Crippen molar-refractivity contribution in [3.63, 3.8) is 0 Å². The standard InChI is InChI=1S/C30H24N4O5/c1-17-8-7-11-19(14-17)28-33-22-13-12-20(15-23(22)39-28)34-26(30(36)38-3)25(29(35)37-2)24(21(16-31)27(34)32)18-9-5-4-6-10-18/h4-15,24H,32H2,1-3H3. The minimum atomic E-state index is -0.948. The first-order chi connectivity index (χ1) is 18.9. The zero-order valence-corrected chi connectivity index (χ0v) is 21.5. The Morgan fingerprint density at radius 1 is 1.00 bits per heavy atom. The summed E-state index contributed by atoms with van der Waals surface area (Å²) in [6, 6.07) is 23.7. The van der Waals surface area contributed by atoms with Crippen LogP contribution in [0.5, 0.6) is 0 Å². The number of rotatable bonds is 5. The molecular formula is C30H24N4O5. The van der Waals surface area contributed by atoms with Gasteiger partial charge in [-0.3, -0.25) is 4.90 Å². The van der Waals surface area contributed by atoms with Crippen LogP contribution in [0.1, 0.15) is 17.0 Å². The van der Waals surface area contributed by atoms with Gasteiger partial charge in [-0.2, -0.15) is 5.26 Å². The molecule has 0 radical (unpaired) electrons. The highest BCUT2D eigenvalue weighted by Crippen LogP contribution is 2.43. The van der Waals surface area contributed by atoms with Gasteiger partial charge in [0, 0.05) is 11.6 Å². The van der Waals surface area contributed by atoms with Crippen molar-refractivity contribution < 1.29 is 23.5 Å². The number of anilines is 1. The van der Waals surface area contributed by atoms with E-state index in [4.69, 9.17) is 19.6 Å². The van der Waals surface area contributed by atoms with Gasteiger partial charge >= 0.3 is 11.9 Å². The molecule has 1 aliphatic rings. The molecular weight excluding hydrogens is 496 g/mol. The largest absolute Gasteiger partial charge is 0.466 e. The molecule has 9 nitrogen and oxygen atoms in total. The molecule has 0 saturated carbocycles. The van der Waals surface area contributed by atoms with E-state index in [9.17, 15) is 14.9 Å². The van der Waals surface area contributed by atoms with Crippen molar-refractivity contribution in [2.24, 2.45) is 5.73 Å². The highest BCUT2D eigenvalue weighted by Gasteiger charge is 2.43. The van der Waals surface area contributed by atoms with E-state index < -0.39 is 17.9 Å². The SMILES string of the molecule is COC(=O)C1=C(C(=O)OC)N(c2ccc3nc(-c4cccc(C)c4)oc3c2)C(N)=C(C#N)C1c1ccccc1. The van der Waals surface area contributed by atoms with Crippen LogP contribution in [0.3, 0.4) is 0 Å². The Morgan fingerprint density at radius 3 is 2.41 bits per heavy atom. The van der Waals surface area contributed by atoms with Crippen LogP contribution in [-0.2, 0) is 19.1 Å². The van der Waals surface area contributed by atoms with Gasteiger partial charge in [0.15, 0.2) is 5.58 Å². The molecule has 1 aromatic heterocycles. The molecule has 0 fully saturated rings. The first-order valence-electron chi connectivity index (χ1n) is 12.0. The van der Waals surface area contributed by atoms with Crippen molar-refractivity contribution in [1.82, 2.24) is 4.98 Å². The third-order valence-corrected chi connectivity index (χ3v) is 6.51. The molecule has 4 aromatic rings. The summed E-state index contributed by atoms with van der Waals surface area (Å²) in [5.74, 6) is -2.17. The van der Waals surface area contributed by atoms with Crippen molar-refractivity contribution >= 4 is 28.7 Å². The number of nitriles is 1. The maximum Gasteiger partial charge on any atom is 0.355 e. The number of methoxy groups -OCH3 is 2. The Kier molecular flexibility index (Phi) is 6.61. The number of hydrogen-bond donors (Lipinski definition) is 1. The van der Waals surface area contributed by atoms with Crippen LogP contribution in [0.15, 0.2) is 99.9 Å². The van der Waals surface area contributed by atoms with Crippen molar-refractivity contribution in [2.45, 2.75) is 12.8 Å². The van der Waals surface area contributed by atoms with Crippen LogP contribution in [0.4, 0.5) is 5.69 Å². The fraction of sp³-hybridized carbons (Fsp3) is 0.133. The van der Waals surface area contributed by atoms with Gasteiger partial charge in [-0.05, 0) is 36.8 Å². The van der Waals surface area contributed by atoms with Crippen molar-refractivity contribution in [2.75, 3.05) is 19.1 Å². The molecule has 2 heterocycles. The molecule has 1 atom stereocenters.